The molecule has 2 aromatic rings. The lowest BCUT2D eigenvalue weighted by Gasteiger charge is -2.30. The summed E-state index contributed by atoms with van der Waals surface area (Å²) in [6.45, 7) is 4.92. The number of hydrogen-bond donors (Lipinski definition) is 2. The van der Waals surface area contributed by atoms with E-state index in [4.69, 9.17) is 11.5 Å². The zero-order chi connectivity index (χ0) is 15.4. The number of benzene rings is 2. The molecule has 2 aromatic carbocycles. The number of nitrogens with zero attached hydrogens (tertiary/aromatic N) is 1. The van der Waals surface area contributed by atoms with Crippen LogP contribution in [0.2, 0.25) is 0 Å². The minimum atomic E-state index is -0.445. The first kappa shape index (κ1) is 14.9. The van der Waals surface area contributed by atoms with Crippen LogP contribution in [0.4, 0.5) is 11.4 Å². The Labute approximate surface area is 125 Å². The van der Waals surface area contributed by atoms with Gasteiger partial charge in [-0.3, -0.25) is 4.79 Å². The van der Waals surface area contributed by atoms with Crippen LogP contribution in [-0.4, -0.2) is 11.9 Å². The molecule has 0 aliphatic rings. The van der Waals surface area contributed by atoms with Gasteiger partial charge >= 0.3 is 0 Å². The van der Waals surface area contributed by atoms with Gasteiger partial charge in [-0.1, -0.05) is 30.3 Å². The molecule has 0 unspecified atom stereocenters. The van der Waals surface area contributed by atoms with Crippen LogP contribution in [0.25, 0.3) is 0 Å². The average molecular weight is 283 g/mol. The maximum absolute atomic E-state index is 11.4. The monoisotopic (exact) mass is 283 g/mol. The van der Waals surface area contributed by atoms with Crippen molar-refractivity contribution in [2.75, 3.05) is 10.6 Å². The number of nitrogen functional groups attached to an aromatic ring is 1. The standard InChI is InChI=1S/C17H21N3O/c1-12(2)20(11-13-6-4-3-5-7-13)16-10-14(17(19)21)8-9-15(16)18/h3-10,12H,11,18H2,1-2H3,(H2,19,21). The second-order valence-electron chi connectivity index (χ2n) is 5.35. The molecule has 0 aromatic heterocycles. The fourth-order valence-electron chi connectivity index (χ4n) is 2.27. The van der Waals surface area contributed by atoms with Crippen LogP contribution in [0.15, 0.2) is 48.5 Å². The van der Waals surface area contributed by atoms with Crippen LogP contribution in [-0.2, 0) is 6.54 Å². The third kappa shape index (κ3) is 3.54. The van der Waals surface area contributed by atoms with Crippen LogP contribution in [0.3, 0.4) is 0 Å². The van der Waals surface area contributed by atoms with Crippen LogP contribution in [0.5, 0.6) is 0 Å². The van der Waals surface area contributed by atoms with Gasteiger partial charge in [-0.15, -0.1) is 0 Å². The molecule has 0 spiro atoms. The van der Waals surface area contributed by atoms with E-state index in [9.17, 15) is 4.79 Å². The number of nitrogens with two attached hydrogens (primary N) is 2. The van der Waals surface area contributed by atoms with Gasteiger partial charge in [-0.05, 0) is 37.6 Å². The molecule has 1 amide bonds. The van der Waals surface area contributed by atoms with Gasteiger partial charge in [0.05, 0.1) is 11.4 Å². The van der Waals surface area contributed by atoms with Gasteiger partial charge < -0.3 is 16.4 Å². The summed E-state index contributed by atoms with van der Waals surface area (Å²) < 4.78 is 0. The fourth-order valence-corrected chi connectivity index (χ4v) is 2.27. The number of carbonyl (C=O) groups is 1. The second-order valence-corrected chi connectivity index (χ2v) is 5.35. The van der Waals surface area contributed by atoms with Crippen molar-refractivity contribution in [2.45, 2.75) is 26.4 Å². The topological polar surface area (TPSA) is 72.3 Å². The summed E-state index contributed by atoms with van der Waals surface area (Å²) in [7, 11) is 0. The van der Waals surface area contributed by atoms with Crippen molar-refractivity contribution in [3.05, 3.63) is 59.7 Å². The van der Waals surface area contributed by atoms with E-state index in [-0.39, 0.29) is 6.04 Å². The van der Waals surface area contributed by atoms with E-state index in [0.29, 0.717) is 11.3 Å². The molecule has 0 fully saturated rings. The lowest BCUT2D eigenvalue weighted by molar-refractivity contribution is 0.100. The van der Waals surface area contributed by atoms with Gasteiger partial charge in [0.1, 0.15) is 0 Å². The molecule has 0 heterocycles. The molecule has 0 atom stereocenters. The van der Waals surface area contributed by atoms with E-state index in [1.165, 1.54) is 5.56 Å². The maximum Gasteiger partial charge on any atom is 0.248 e. The molecule has 2 rings (SSSR count). The van der Waals surface area contributed by atoms with Crippen molar-refractivity contribution in [1.82, 2.24) is 0 Å². The molecule has 21 heavy (non-hydrogen) atoms. The van der Waals surface area contributed by atoms with E-state index in [2.05, 4.69) is 30.9 Å². The van der Waals surface area contributed by atoms with E-state index < -0.39 is 5.91 Å². The normalized spacial score (nSPS) is 10.6. The Kier molecular flexibility index (Phi) is 4.48. The third-order valence-electron chi connectivity index (χ3n) is 3.44. The Hall–Kier alpha value is -2.49. The van der Waals surface area contributed by atoms with Gasteiger partial charge in [0.25, 0.3) is 0 Å². The highest BCUT2D eigenvalue weighted by Gasteiger charge is 2.15. The summed E-state index contributed by atoms with van der Waals surface area (Å²) >= 11 is 0. The van der Waals surface area contributed by atoms with Crippen LogP contribution < -0.4 is 16.4 Å². The van der Waals surface area contributed by atoms with Crippen molar-refractivity contribution in [3.63, 3.8) is 0 Å². The second kappa shape index (κ2) is 6.31. The first-order chi connectivity index (χ1) is 9.99. The zero-order valence-electron chi connectivity index (χ0n) is 12.4. The van der Waals surface area contributed by atoms with E-state index in [1.54, 1.807) is 18.2 Å². The van der Waals surface area contributed by atoms with E-state index in [1.807, 2.05) is 18.2 Å². The first-order valence-corrected chi connectivity index (χ1v) is 6.99. The molecule has 0 radical (unpaired) electrons. The number of anilines is 2. The summed E-state index contributed by atoms with van der Waals surface area (Å²) in [5.74, 6) is -0.445. The van der Waals surface area contributed by atoms with Crippen LogP contribution >= 0.6 is 0 Å². The number of hydrogen-bond acceptors (Lipinski definition) is 3. The molecule has 4 nitrogen and oxygen atoms in total. The molecule has 0 saturated heterocycles. The molecule has 110 valence electrons. The maximum atomic E-state index is 11.4. The summed E-state index contributed by atoms with van der Waals surface area (Å²) in [4.78, 5) is 13.5. The Balaban J connectivity index is 2.38. The smallest absolute Gasteiger partial charge is 0.248 e. The predicted molar refractivity (Wildman–Crippen MR) is 87.1 cm³/mol. The summed E-state index contributed by atoms with van der Waals surface area (Å²) in [6, 6.07) is 15.6. The minimum absolute atomic E-state index is 0.246. The van der Waals surface area contributed by atoms with Gasteiger partial charge in [0.2, 0.25) is 5.91 Å². The van der Waals surface area contributed by atoms with Crippen molar-refractivity contribution >= 4 is 17.3 Å². The van der Waals surface area contributed by atoms with E-state index >= 15 is 0 Å². The lowest BCUT2D eigenvalue weighted by atomic mass is 10.1. The summed E-state index contributed by atoms with van der Waals surface area (Å²) in [5.41, 5.74) is 14.6. The third-order valence-corrected chi connectivity index (χ3v) is 3.44. The average Bonchev–Trinajstić information content (AvgIpc) is 2.46. The molecule has 0 saturated carbocycles. The highest BCUT2D eigenvalue weighted by molar-refractivity contribution is 5.95. The largest absolute Gasteiger partial charge is 0.397 e. The molecule has 4 N–H and O–H groups in total. The minimum Gasteiger partial charge on any atom is -0.397 e. The summed E-state index contributed by atoms with van der Waals surface area (Å²) in [5, 5.41) is 0. The highest BCUT2D eigenvalue weighted by Crippen LogP contribution is 2.28. The SMILES string of the molecule is CC(C)N(Cc1ccccc1)c1cc(C(N)=O)ccc1N. The van der Waals surface area contributed by atoms with Crippen LogP contribution in [0.1, 0.15) is 29.8 Å². The molecule has 4 heteroatoms. The van der Waals surface area contributed by atoms with Crippen molar-refractivity contribution in [3.8, 4) is 0 Å². The fraction of sp³-hybridized carbons (Fsp3) is 0.235. The number of primary amides is 1. The Bertz CT molecular complexity index is 623. The van der Waals surface area contributed by atoms with Gasteiger partial charge in [0, 0.05) is 18.2 Å². The first-order valence-electron chi connectivity index (χ1n) is 6.99. The molecule has 0 aliphatic heterocycles. The Morgan fingerprint density at radius 1 is 1.14 bits per heavy atom. The van der Waals surface area contributed by atoms with Crippen molar-refractivity contribution in [2.24, 2.45) is 5.73 Å². The van der Waals surface area contributed by atoms with Gasteiger partial charge in [-0.2, -0.15) is 0 Å². The molecular weight excluding hydrogens is 262 g/mol. The van der Waals surface area contributed by atoms with E-state index in [0.717, 1.165) is 12.2 Å². The predicted octanol–water partition coefficient (Wildman–Crippen LogP) is 2.78. The zero-order valence-corrected chi connectivity index (χ0v) is 12.4. The highest BCUT2D eigenvalue weighted by atomic mass is 16.1. The van der Waals surface area contributed by atoms with Crippen LogP contribution in [0, 0.1) is 0 Å². The number of rotatable bonds is 5. The Morgan fingerprint density at radius 3 is 2.38 bits per heavy atom. The number of carbonyl (C=O) groups excluding carboxylic acids is 1. The lowest BCUT2D eigenvalue weighted by Crippen LogP contribution is -2.31. The van der Waals surface area contributed by atoms with Crippen molar-refractivity contribution < 1.29 is 4.79 Å². The van der Waals surface area contributed by atoms with Gasteiger partial charge in [-0.25, -0.2) is 0 Å². The molecule has 0 aliphatic carbocycles. The quantitative estimate of drug-likeness (QED) is 0.829. The van der Waals surface area contributed by atoms with Crippen molar-refractivity contribution in [1.29, 1.82) is 0 Å². The molecule has 0 bridgehead atoms. The Morgan fingerprint density at radius 2 is 1.81 bits per heavy atom. The summed E-state index contributed by atoms with van der Waals surface area (Å²) in [6.07, 6.45) is 0. The molecular formula is C17H21N3O. The number of amides is 1. The van der Waals surface area contributed by atoms with Gasteiger partial charge in [0.15, 0.2) is 0 Å².